The van der Waals surface area contributed by atoms with E-state index in [0.717, 1.165) is 6.07 Å². The number of carbonyl (C=O) groups is 1. The molecular weight excluding hydrogens is 300 g/mol. The SMILES string of the molecule is CCNC(=O)CCn1c(CCCl)nc2c(F)cc(F)cc21. The van der Waals surface area contributed by atoms with Crippen LogP contribution in [-0.4, -0.2) is 27.9 Å². The number of hydrogen-bond donors (Lipinski definition) is 1. The largest absolute Gasteiger partial charge is 0.356 e. The monoisotopic (exact) mass is 315 g/mol. The Balaban J connectivity index is 2.38. The van der Waals surface area contributed by atoms with Gasteiger partial charge in [-0.3, -0.25) is 4.79 Å². The van der Waals surface area contributed by atoms with E-state index >= 15 is 0 Å². The number of hydrogen-bond acceptors (Lipinski definition) is 2. The molecule has 0 saturated carbocycles. The van der Waals surface area contributed by atoms with Gasteiger partial charge in [0.25, 0.3) is 0 Å². The molecular formula is C14H16ClF2N3O. The summed E-state index contributed by atoms with van der Waals surface area (Å²) < 4.78 is 28.8. The second kappa shape index (κ2) is 6.85. The van der Waals surface area contributed by atoms with Gasteiger partial charge >= 0.3 is 0 Å². The van der Waals surface area contributed by atoms with E-state index in [-0.39, 0.29) is 17.8 Å². The number of amides is 1. The minimum Gasteiger partial charge on any atom is -0.356 e. The maximum absolute atomic E-state index is 13.8. The van der Waals surface area contributed by atoms with Gasteiger partial charge in [0.15, 0.2) is 5.82 Å². The quantitative estimate of drug-likeness (QED) is 0.833. The number of benzene rings is 1. The third-order valence-corrected chi connectivity index (χ3v) is 3.29. The molecule has 2 rings (SSSR count). The first kappa shape index (κ1) is 15.7. The van der Waals surface area contributed by atoms with Crippen LogP contribution in [0.1, 0.15) is 19.2 Å². The van der Waals surface area contributed by atoms with E-state index in [0.29, 0.717) is 36.7 Å². The summed E-state index contributed by atoms with van der Waals surface area (Å²) in [6, 6.07) is 2.02. The Kier molecular flexibility index (Phi) is 5.12. The molecule has 1 heterocycles. The molecule has 0 aliphatic heterocycles. The van der Waals surface area contributed by atoms with E-state index in [1.165, 1.54) is 6.07 Å². The number of aryl methyl sites for hydroxylation is 2. The summed E-state index contributed by atoms with van der Waals surface area (Å²) in [5, 5.41) is 2.68. The summed E-state index contributed by atoms with van der Waals surface area (Å²) >= 11 is 5.72. The summed E-state index contributed by atoms with van der Waals surface area (Å²) in [5.41, 5.74) is 0.448. The Morgan fingerprint density at radius 3 is 2.86 bits per heavy atom. The molecule has 0 fully saturated rings. The van der Waals surface area contributed by atoms with Crippen molar-refractivity contribution in [1.29, 1.82) is 0 Å². The number of alkyl halides is 1. The molecule has 7 heteroatoms. The maximum atomic E-state index is 13.8. The second-order valence-corrected chi connectivity index (χ2v) is 4.96. The van der Waals surface area contributed by atoms with Crippen LogP contribution in [-0.2, 0) is 17.8 Å². The van der Waals surface area contributed by atoms with Crippen LogP contribution in [0.2, 0.25) is 0 Å². The zero-order valence-electron chi connectivity index (χ0n) is 11.6. The first-order valence-corrected chi connectivity index (χ1v) is 7.27. The Morgan fingerprint density at radius 2 is 2.19 bits per heavy atom. The normalized spacial score (nSPS) is 11.0. The third-order valence-electron chi connectivity index (χ3n) is 3.11. The molecule has 0 saturated heterocycles. The Hall–Kier alpha value is -1.69. The highest BCUT2D eigenvalue weighted by Gasteiger charge is 2.16. The van der Waals surface area contributed by atoms with Crippen molar-refractivity contribution in [2.24, 2.45) is 0 Å². The predicted octanol–water partition coefficient (Wildman–Crippen LogP) is 2.62. The van der Waals surface area contributed by atoms with Crippen LogP contribution in [0, 0.1) is 11.6 Å². The molecule has 1 amide bonds. The average Bonchev–Trinajstić information content (AvgIpc) is 2.75. The molecule has 0 aliphatic carbocycles. The van der Waals surface area contributed by atoms with E-state index in [9.17, 15) is 13.6 Å². The van der Waals surface area contributed by atoms with Crippen LogP contribution in [0.15, 0.2) is 12.1 Å². The summed E-state index contributed by atoms with van der Waals surface area (Å²) in [6.45, 7) is 2.67. The fourth-order valence-corrected chi connectivity index (χ4v) is 2.39. The molecule has 4 nitrogen and oxygen atoms in total. The lowest BCUT2D eigenvalue weighted by Gasteiger charge is -2.08. The van der Waals surface area contributed by atoms with Gasteiger partial charge in [0.2, 0.25) is 5.91 Å². The first-order valence-electron chi connectivity index (χ1n) is 6.73. The number of halogens is 3. The fourth-order valence-electron chi connectivity index (χ4n) is 2.22. The standard InChI is InChI=1S/C14H16ClF2N3O/c1-2-18-13(21)4-6-20-11-8-9(16)7-10(17)14(11)19-12(20)3-5-15/h7-8H,2-6H2,1H3,(H,18,21). The Labute approximate surface area is 126 Å². The van der Waals surface area contributed by atoms with Crippen molar-refractivity contribution in [2.75, 3.05) is 12.4 Å². The first-order chi connectivity index (χ1) is 10.1. The Morgan fingerprint density at radius 1 is 1.43 bits per heavy atom. The van der Waals surface area contributed by atoms with Crippen LogP contribution < -0.4 is 5.32 Å². The van der Waals surface area contributed by atoms with Crippen molar-refractivity contribution >= 4 is 28.5 Å². The van der Waals surface area contributed by atoms with E-state index in [1.54, 1.807) is 4.57 Å². The number of carbonyl (C=O) groups excluding carboxylic acids is 1. The van der Waals surface area contributed by atoms with Gasteiger partial charge < -0.3 is 9.88 Å². The maximum Gasteiger partial charge on any atom is 0.221 e. The van der Waals surface area contributed by atoms with Gasteiger partial charge in [0.1, 0.15) is 17.2 Å². The van der Waals surface area contributed by atoms with E-state index in [1.807, 2.05) is 6.92 Å². The van der Waals surface area contributed by atoms with Gasteiger partial charge in [-0.1, -0.05) is 0 Å². The lowest BCUT2D eigenvalue weighted by atomic mass is 10.3. The smallest absolute Gasteiger partial charge is 0.221 e. The lowest BCUT2D eigenvalue weighted by molar-refractivity contribution is -0.121. The number of nitrogens with one attached hydrogen (secondary N) is 1. The number of fused-ring (bicyclic) bond motifs is 1. The van der Waals surface area contributed by atoms with Crippen LogP contribution in [0.4, 0.5) is 8.78 Å². The number of aromatic nitrogens is 2. The third kappa shape index (κ3) is 3.50. The van der Waals surface area contributed by atoms with E-state index in [4.69, 9.17) is 11.6 Å². The molecule has 0 radical (unpaired) electrons. The molecule has 1 N–H and O–H groups in total. The molecule has 114 valence electrons. The summed E-state index contributed by atoms with van der Waals surface area (Å²) in [4.78, 5) is 15.7. The van der Waals surface area contributed by atoms with Gasteiger partial charge in [-0.05, 0) is 13.0 Å². The molecule has 0 atom stereocenters. The van der Waals surface area contributed by atoms with Crippen LogP contribution in [0.3, 0.4) is 0 Å². The highest BCUT2D eigenvalue weighted by molar-refractivity contribution is 6.17. The van der Waals surface area contributed by atoms with Crippen LogP contribution in [0.25, 0.3) is 11.0 Å². The number of nitrogens with zero attached hydrogens (tertiary/aromatic N) is 2. The zero-order valence-corrected chi connectivity index (χ0v) is 12.4. The molecule has 0 spiro atoms. The molecule has 21 heavy (non-hydrogen) atoms. The highest BCUT2D eigenvalue weighted by Crippen LogP contribution is 2.22. The van der Waals surface area contributed by atoms with Crippen molar-refractivity contribution in [2.45, 2.75) is 26.3 Å². The minimum absolute atomic E-state index is 0.104. The summed E-state index contributed by atoms with van der Waals surface area (Å²) in [5.74, 6) is -0.634. The van der Waals surface area contributed by atoms with Crippen LogP contribution >= 0.6 is 11.6 Å². The van der Waals surface area contributed by atoms with Crippen molar-refractivity contribution < 1.29 is 13.6 Å². The van der Waals surface area contributed by atoms with Gasteiger partial charge in [-0.15, -0.1) is 11.6 Å². The molecule has 0 unspecified atom stereocenters. The molecule has 2 aromatic rings. The van der Waals surface area contributed by atoms with E-state index in [2.05, 4.69) is 10.3 Å². The van der Waals surface area contributed by atoms with Gasteiger partial charge in [0, 0.05) is 37.9 Å². The van der Waals surface area contributed by atoms with Gasteiger partial charge in [-0.25, -0.2) is 13.8 Å². The van der Waals surface area contributed by atoms with Gasteiger partial charge in [-0.2, -0.15) is 0 Å². The van der Waals surface area contributed by atoms with Crippen molar-refractivity contribution in [1.82, 2.24) is 14.9 Å². The molecule has 1 aromatic heterocycles. The number of imidazole rings is 1. The molecule has 0 bridgehead atoms. The van der Waals surface area contributed by atoms with Crippen molar-refractivity contribution in [3.8, 4) is 0 Å². The second-order valence-electron chi connectivity index (χ2n) is 4.58. The summed E-state index contributed by atoms with van der Waals surface area (Å²) in [6.07, 6.45) is 0.638. The van der Waals surface area contributed by atoms with Crippen LogP contribution in [0.5, 0.6) is 0 Å². The predicted molar refractivity (Wildman–Crippen MR) is 77.4 cm³/mol. The minimum atomic E-state index is -0.711. The highest BCUT2D eigenvalue weighted by atomic mass is 35.5. The molecule has 0 aliphatic rings. The molecule has 1 aromatic carbocycles. The van der Waals surface area contributed by atoms with Crippen molar-refractivity contribution in [3.05, 3.63) is 29.6 Å². The van der Waals surface area contributed by atoms with Crippen molar-refractivity contribution in [3.63, 3.8) is 0 Å². The number of rotatable bonds is 6. The topological polar surface area (TPSA) is 46.9 Å². The zero-order chi connectivity index (χ0) is 15.4. The fraction of sp³-hybridized carbons (Fsp3) is 0.429. The summed E-state index contributed by atoms with van der Waals surface area (Å²) in [7, 11) is 0. The lowest BCUT2D eigenvalue weighted by Crippen LogP contribution is -2.24. The van der Waals surface area contributed by atoms with E-state index < -0.39 is 11.6 Å². The Bertz CT molecular complexity index is 657. The van der Waals surface area contributed by atoms with Gasteiger partial charge in [0.05, 0.1) is 5.52 Å². The average molecular weight is 316 g/mol.